The predicted molar refractivity (Wildman–Crippen MR) is 90.0 cm³/mol. The first-order chi connectivity index (χ1) is 9.75. The van der Waals surface area contributed by atoms with Crippen LogP contribution in [0.2, 0.25) is 0 Å². The van der Waals surface area contributed by atoms with Crippen molar-refractivity contribution in [2.24, 2.45) is 23.0 Å². The lowest BCUT2D eigenvalue weighted by atomic mass is 9.83. The molecule has 0 saturated carbocycles. The van der Waals surface area contributed by atoms with Crippen LogP contribution in [0.3, 0.4) is 0 Å². The van der Waals surface area contributed by atoms with Crippen molar-refractivity contribution in [3.63, 3.8) is 0 Å². The molecule has 2 N–H and O–H groups in total. The zero-order chi connectivity index (χ0) is 16.0. The Bertz CT molecular complexity index is 366. The Balaban J connectivity index is 2.46. The van der Waals surface area contributed by atoms with Crippen molar-refractivity contribution in [2.45, 2.75) is 60.3 Å². The van der Waals surface area contributed by atoms with Crippen LogP contribution in [0.5, 0.6) is 0 Å². The van der Waals surface area contributed by atoms with Crippen LogP contribution >= 0.6 is 0 Å². The number of hydrogen-bond acceptors (Lipinski definition) is 2. The monoisotopic (exact) mass is 294 g/mol. The maximum absolute atomic E-state index is 12.4. The van der Waals surface area contributed by atoms with Crippen LogP contribution in [0, 0.1) is 17.3 Å². The minimum Gasteiger partial charge on any atom is -0.339 e. The van der Waals surface area contributed by atoms with Gasteiger partial charge in [-0.05, 0) is 43.1 Å². The summed E-state index contributed by atoms with van der Waals surface area (Å²) in [6.45, 7) is 13.6. The Kier molecular flexibility index (Phi) is 6.92. The standard InChI is InChI=1S/C18H34N2O/c1-14(2)15(8-11-19)6-7-17(21)20-12-9-16(10-13-20)18(3,4)5/h9,14-15H,6-8,10-13,19H2,1-5H3. The minimum absolute atomic E-state index is 0.235. The Labute approximate surface area is 131 Å². The topological polar surface area (TPSA) is 46.3 Å². The molecule has 1 unspecified atom stereocenters. The van der Waals surface area contributed by atoms with E-state index in [1.54, 1.807) is 0 Å². The van der Waals surface area contributed by atoms with Gasteiger partial charge in [0.1, 0.15) is 0 Å². The van der Waals surface area contributed by atoms with Crippen molar-refractivity contribution in [2.75, 3.05) is 19.6 Å². The van der Waals surface area contributed by atoms with E-state index in [0.717, 1.165) is 38.9 Å². The first-order valence-corrected chi connectivity index (χ1v) is 8.43. The van der Waals surface area contributed by atoms with Gasteiger partial charge in [0.15, 0.2) is 0 Å². The number of hydrogen-bond donors (Lipinski definition) is 1. The zero-order valence-corrected chi connectivity index (χ0v) is 14.6. The molecule has 0 fully saturated rings. The summed E-state index contributed by atoms with van der Waals surface area (Å²) in [5.74, 6) is 1.49. The van der Waals surface area contributed by atoms with Crippen molar-refractivity contribution in [1.82, 2.24) is 4.90 Å². The van der Waals surface area contributed by atoms with Crippen molar-refractivity contribution >= 4 is 5.91 Å². The van der Waals surface area contributed by atoms with E-state index in [1.807, 2.05) is 4.90 Å². The van der Waals surface area contributed by atoms with Gasteiger partial charge in [0.05, 0.1) is 0 Å². The number of amides is 1. The summed E-state index contributed by atoms with van der Waals surface area (Å²) in [6.07, 6.45) is 5.94. The quantitative estimate of drug-likeness (QED) is 0.761. The molecule has 21 heavy (non-hydrogen) atoms. The van der Waals surface area contributed by atoms with Crippen molar-refractivity contribution in [3.05, 3.63) is 11.6 Å². The van der Waals surface area contributed by atoms with E-state index in [2.05, 4.69) is 40.7 Å². The molecule has 0 bridgehead atoms. The zero-order valence-electron chi connectivity index (χ0n) is 14.6. The van der Waals surface area contributed by atoms with Crippen LogP contribution in [0.15, 0.2) is 11.6 Å². The molecule has 1 aliphatic heterocycles. The summed E-state index contributed by atoms with van der Waals surface area (Å²) in [6, 6.07) is 0. The van der Waals surface area contributed by atoms with Crippen LogP contribution in [0.25, 0.3) is 0 Å². The van der Waals surface area contributed by atoms with Crippen LogP contribution in [0.1, 0.15) is 60.3 Å². The maximum Gasteiger partial charge on any atom is 0.222 e. The average molecular weight is 294 g/mol. The van der Waals surface area contributed by atoms with Gasteiger partial charge in [0.2, 0.25) is 5.91 Å². The summed E-state index contributed by atoms with van der Waals surface area (Å²) >= 11 is 0. The first kappa shape index (κ1) is 18.2. The number of nitrogens with zero attached hydrogens (tertiary/aromatic N) is 1. The molecule has 3 nitrogen and oxygen atoms in total. The first-order valence-electron chi connectivity index (χ1n) is 8.43. The molecule has 0 aromatic carbocycles. The fraction of sp³-hybridized carbons (Fsp3) is 0.833. The second kappa shape index (κ2) is 7.98. The molecular formula is C18H34N2O. The highest BCUT2D eigenvalue weighted by molar-refractivity contribution is 5.76. The highest BCUT2D eigenvalue weighted by atomic mass is 16.2. The average Bonchev–Trinajstić information content (AvgIpc) is 2.42. The lowest BCUT2D eigenvalue weighted by Crippen LogP contribution is -2.36. The summed E-state index contributed by atoms with van der Waals surface area (Å²) in [7, 11) is 0. The van der Waals surface area contributed by atoms with Gasteiger partial charge in [-0.15, -0.1) is 0 Å². The second-order valence-corrected chi connectivity index (χ2v) is 7.69. The largest absolute Gasteiger partial charge is 0.339 e. The van der Waals surface area contributed by atoms with E-state index in [1.165, 1.54) is 5.57 Å². The highest BCUT2D eigenvalue weighted by Crippen LogP contribution is 2.30. The van der Waals surface area contributed by atoms with Crippen LogP contribution in [-0.4, -0.2) is 30.4 Å². The third kappa shape index (κ3) is 5.82. The van der Waals surface area contributed by atoms with Gasteiger partial charge in [0.25, 0.3) is 0 Å². The van der Waals surface area contributed by atoms with Gasteiger partial charge < -0.3 is 10.6 Å². The molecule has 0 aromatic heterocycles. The summed E-state index contributed by atoms with van der Waals surface area (Å²) in [5.41, 5.74) is 7.39. The van der Waals surface area contributed by atoms with Crippen molar-refractivity contribution in [1.29, 1.82) is 0 Å². The van der Waals surface area contributed by atoms with Gasteiger partial charge in [-0.25, -0.2) is 0 Å². The number of rotatable bonds is 6. The molecule has 1 heterocycles. The van der Waals surface area contributed by atoms with E-state index >= 15 is 0 Å². The van der Waals surface area contributed by atoms with Crippen LogP contribution in [0.4, 0.5) is 0 Å². The van der Waals surface area contributed by atoms with E-state index in [4.69, 9.17) is 5.73 Å². The molecule has 1 aliphatic rings. The smallest absolute Gasteiger partial charge is 0.222 e. The number of carbonyl (C=O) groups excluding carboxylic acids is 1. The summed E-state index contributed by atoms with van der Waals surface area (Å²) < 4.78 is 0. The SMILES string of the molecule is CC(C)C(CCN)CCC(=O)N1CC=C(C(C)(C)C)CC1. The van der Waals surface area contributed by atoms with Gasteiger partial charge in [0, 0.05) is 19.5 Å². The molecule has 1 amide bonds. The number of carbonyl (C=O) groups is 1. The molecule has 0 saturated heterocycles. The Morgan fingerprint density at radius 1 is 1.33 bits per heavy atom. The van der Waals surface area contributed by atoms with Crippen LogP contribution in [-0.2, 0) is 4.79 Å². The third-order valence-corrected chi connectivity index (χ3v) is 4.73. The van der Waals surface area contributed by atoms with E-state index in [9.17, 15) is 4.79 Å². The summed E-state index contributed by atoms with van der Waals surface area (Å²) in [4.78, 5) is 14.4. The predicted octanol–water partition coefficient (Wildman–Crippen LogP) is 3.59. The van der Waals surface area contributed by atoms with Gasteiger partial charge in [-0.1, -0.05) is 46.3 Å². The molecule has 3 heteroatoms. The molecule has 1 rings (SSSR count). The molecular weight excluding hydrogens is 260 g/mol. The molecule has 122 valence electrons. The summed E-state index contributed by atoms with van der Waals surface area (Å²) in [5, 5.41) is 0. The number of nitrogens with two attached hydrogens (primary N) is 1. The molecule has 0 aliphatic carbocycles. The van der Waals surface area contributed by atoms with Gasteiger partial charge >= 0.3 is 0 Å². The minimum atomic E-state index is 0.235. The fourth-order valence-corrected chi connectivity index (χ4v) is 3.07. The van der Waals surface area contributed by atoms with Crippen molar-refractivity contribution < 1.29 is 4.79 Å². The fourth-order valence-electron chi connectivity index (χ4n) is 3.07. The van der Waals surface area contributed by atoms with E-state index in [0.29, 0.717) is 24.2 Å². The van der Waals surface area contributed by atoms with Crippen LogP contribution < -0.4 is 5.73 Å². The Morgan fingerprint density at radius 3 is 2.43 bits per heavy atom. The lowest BCUT2D eigenvalue weighted by molar-refractivity contribution is -0.131. The Hall–Kier alpha value is -0.830. The van der Waals surface area contributed by atoms with Gasteiger partial charge in [-0.2, -0.15) is 0 Å². The van der Waals surface area contributed by atoms with E-state index in [-0.39, 0.29) is 5.41 Å². The normalized spacial score (nSPS) is 17.9. The van der Waals surface area contributed by atoms with Gasteiger partial charge in [-0.3, -0.25) is 4.79 Å². The molecule has 1 atom stereocenters. The third-order valence-electron chi connectivity index (χ3n) is 4.73. The highest BCUT2D eigenvalue weighted by Gasteiger charge is 2.24. The Morgan fingerprint density at radius 2 is 2.00 bits per heavy atom. The second-order valence-electron chi connectivity index (χ2n) is 7.69. The lowest BCUT2D eigenvalue weighted by Gasteiger charge is -2.32. The van der Waals surface area contributed by atoms with E-state index < -0.39 is 0 Å². The molecule has 0 radical (unpaired) electrons. The maximum atomic E-state index is 12.4. The van der Waals surface area contributed by atoms with Crippen molar-refractivity contribution in [3.8, 4) is 0 Å². The molecule has 0 spiro atoms. The molecule has 0 aromatic rings.